The van der Waals surface area contributed by atoms with Gasteiger partial charge in [0.15, 0.2) is 0 Å². The Bertz CT molecular complexity index is 529. The lowest BCUT2D eigenvalue weighted by atomic mass is 10.0. The van der Waals surface area contributed by atoms with Gasteiger partial charge in [-0.1, -0.05) is 54.6 Å². The zero-order valence-electron chi connectivity index (χ0n) is 11.7. The first-order valence-electron chi connectivity index (χ1n) is 7.39. The highest BCUT2D eigenvalue weighted by Gasteiger charge is 2.22. The standard InChI is InChI=1S/C18H21NO/c20-14-18(19-12-4-5-13-19)17-10-8-16(9-11-17)15-6-2-1-3-7-15/h1-3,6-11,18,20H,4-5,12-14H2. The number of benzene rings is 2. The Labute approximate surface area is 120 Å². The molecule has 0 bridgehead atoms. The molecule has 1 unspecified atom stereocenters. The fourth-order valence-electron chi connectivity index (χ4n) is 3.01. The Morgan fingerprint density at radius 2 is 1.45 bits per heavy atom. The lowest BCUT2D eigenvalue weighted by molar-refractivity contribution is 0.147. The first-order valence-corrected chi connectivity index (χ1v) is 7.39. The number of aliphatic hydroxyl groups is 1. The highest BCUT2D eigenvalue weighted by atomic mass is 16.3. The second-order valence-corrected chi connectivity index (χ2v) is 5.43. The zero-order valence-corrected chi connectivity index (χ0v) is 11.7. The third-order valence-corrected chi connectivity index (χ3v) is 4.16. The Morgan fingerprint density at radius 1 is 0.850 bits per heavy atom. The summed E-state index contributed by atoms with van der Waals surface area (Å²) >= 11 is 0. The van der Waals surface area contributed by atoms with Crippen molar-refractivity contribution in [2.75, 3.05) is 19.7 Å². The Morgan fingerprint density at radius 3 is 2.05 bits per heavy atom. The molecule has 1 atom stereocenters. The minimum Gasteiger partial charge on any atom is -0.394 e. The second-order valence-electron chi connectivity index (χ2n) is 5.43. The quantitative estimate of drug-likeness (QED) is 0.916. The van der Waals surface area contributed by atoms with E-state index < -0.39 is 0 Å². The maximum Gasteiger partial charge on any atom is 0.0628 e. The average molecular weight is 267 g/mol. The lowest BCUT2D eigenvalue weighted by Crippen LogP contribution is -2.28. The number of hydrogen-bond acceptors (Lipinski definition) is 2. The Hall–Kier alpha value is -1.64. The molecule has 0 spiro atoms. The van der Waals surface area contributed by atoms with Crippen LogP contribution in [0.25, 0.3) is 11.1 Å². The van der Waals surface area contributed by atoms with Crippen molar-refractivity contribution < 1.29 is 5.11 Å². The van der Waals surface area contributed by atoms with E-state index in [1.54, 1.807) is 0 Å². The molecule has 0 aliphatic carbocycles. The highest BCUT2D eigenvalue weighted by Crippen LogP contribution is 2.27. The Balaban J connectivity index is 1.81. The van der Waals surface area contributed by atoms with Crippen LogP contribution >= 0.6 is 0 Å². The van der Waals surface area contributed by atoms with Crippen LogP contribution in [0.3, 0.4) is 0 Å². The molecule has 3 rings (SSSR count). The number of nitrogens with zero attached hydrogens (tertiary/aromatic N) is 1. The van der Waals surface area contributed by atoms with Gasteiger partial charge in [0.1, 0.15) is 0 Å². The minimum absolute atomic E-state index is 0.155. The fraction of sp³-hybridized carbons (Fsp3) is 0.333. The van der Waals surface area contributed by atoms with Crippen molar-refractivity contribution in [1.29, 1.82) is 0 Å². The van der Waals surface area contributed by atoms with Crippen molar-refractivity contribution >= 4 is 0 Å². The summed E-state index contributed by atoms with van der Waals surface area (Å²) in [6, 6.07) is 19.2. The van der Waals surface area contributed by atoms with E-state index in [0.717, 1.165) is 13.1 Å². The van der Waals surface area contributed by atoms with E-state index in [9.17, 15) is 5.11 Å². The van der Waals surface area contributed by atoms with Gasteiger partial charge in [0.25, 0.3) is 0 Å². The number of rotatable bonds is 4. The molecule has 1 heterocycles. The van der Waals surface area contributed by atoms with Crippen molar-refractivity contribution in [3.05, 3.63) is 60.2 Å². The SMILES string of the molecule is OCC(c1ccc(-c2ccccc2)cc1)N1CCCC1. The van der Waals surface area contributed by atoms with E-state index in [-0.39, 0.29) is 12.6 Å². The summed E-state index contributed by atoms with van der Waals surface area (Å²) in [7, 11) is 0. The maximum atomic E-state index is 9.68. The van der Waals surface area contributed by atoms with E-state index in [1.165, 1.54) is 29.5 Å². The third kappa shape index (κ3) is 2.77. The normalized spacial score (nSPS) is 17.2. The Kier molecular flexibility index (Phi) is 4.14. The van der Waals surface area contributed by atoms with E-state index in [1.807, 2.05) is 6.07 Å². The summed E-state index contributed by atoms with van der Waals surface area (Å²) in [5.41, 5.74) is 3.68. The molecule has 104 valence electrons. The molecule has 1 saturated heterocycles. The number of likely N-dealkylation sites (tertiary alicyclic amines) is 1. The number of hydrogen-bond donors (Lipinski definition) is 1. The van der Waals surface area contributed by atoms with Crippen molar-refractivity contribution in [2.24, 2.45) is 0 Å². The van der Waals surface area contributed by atoms with Crippen molar-refractivity contribution in [3.63, 3.8) is 0 Å². The van der Waals surface area contributed by atoms with Crippen molar-refractivity contribution in [1.82, 2.24) is 4.90 Å². The third-order valence-electron chi connectivity index (χ3n) is 4.16. The van der Waals surface area contributed by atoms with Gasteiger partial charge >= 0.3 is 0 Å². The second kappa shape index (κ2) is 6.21. The molecule has 20 heavy (non-hydrogen) atoms. The van der Waals surface area contributed by atoms with Gasteiger partial charge in [0, 0.05) is 0 Å². The monoisotopic (exact) mass is 267 g/mol. The summed E-state index contributed by atoms with van der Waals surface area (Å²) in [4.78, 5) is 2.39. The topological polar surface area (TPSA) is 23.5 Å². The molecule has 1 fully saturated rings. The van der Waals surface area contributed by atoms with Crippen LogP contribution < -0.4 is 0 Å². The smallest absolute Gasteiger partial charge is 0.0628 e. The van der Waals surface area contributed by atoms with Gasteiger partial charge in [-0.2, -0.15) is 0 Å². The molecule has 2 heteroatoms. The van der Waals surface area contributed by atoms with Crippen LogP contribution in [0.15, 0.2) is 54.6 Å². The van der Waals surface area contributed by atoms with Crippen LogP contribution in [-0.4, -0.2) is 29.7 Å². The van der Waals surface area contributed by atoms with Crippen LogP contribution in [0, 0.1) is 0 Å². The van der Waals surface area contributed by atoms with Gasteiger partial charge in [-0.25, -0.2) is 0 Å². The van der Waals surface area contributed by atoms with Crippen LogP contribution in [0.1, 0.15) is 24.4 Å². The van der Waals surface area contributed by atoms with Crippen molar-refractivity contribution in [3.8, 4) is 11.1 Å². The summed E-state index contributed by atoms with van der Waals surface area (Å²) in [5.74, 6) is 0. The predicted molar refractivity (Wildman–Crippen MR) is 82.5 cm³/mol. The molecule has 0 aromatic heterocycles. The highest BCUT2D eigenvalue weighted by molar-refractivity contribution is 5.63. The summed E-state index contributed by atoms with van der Waals surface area (Å²) in [6.07, 6.45) is 2.50. The molecular weight excluding hydrogens is 246 g/mol. The first kappa shape index (κ1) is 13.3. The first-order chi connectivity index (χ1) is 9.88. The summed E-state index contributed by atoms with van der Waals surface area (Å²) in [5, 5.41) is 9.68. The van der Waals surface area contributed by atoms with Crippen LogP contribution in [0.2, 0.25) is 0 Å². The predicted octanol–water partition coefficient (Wildman–Crippen LogP) is 3.48. The van der Waals surface area contributed by atoms with Crippen LogP contribution in [0.5, 0.6) is 0 Å². The van der Waals surface area contributed by atoms with Gasteiger partial charge in [0.05, 0.1) is 12.6 Å². The summed E-state index contributed by atoms with van der Waals surface area (Å²) < 4.78 is 0. The molecule has 0 amide bonds. The van der Waals surface area contributed by atoms with Crippen LogP contribution in [-0.2, 0) is 0 Å². The van der Waals surface area contributed by atoms with E-state index in [2.05, 4.69) is 53.4 Å². The molecule has 1 aliphatic heterocycles. The van der Waals surface area contributed by atoms with E-state index in [0.29, 0.717) is 0 Å². The zero-order chi connectivity index (χ0) is 13.8. The van der Waals surface area contributed by atoms with Gasteiger partial charge in [-0.3, -0.25) is 4.90 Å². The van der Waals surface area contributed by atoms with E-state index >= 15 is 0 Å². The van der Waals surface area contributed by atoms with Gasteiger partial charge in [-0.05, 0) is 42.6 Å². The van der Waals surface area contributed by atoms with Gasteiger partial charge < -0.3 is 5.11 Å². The molecule has 2 aromatic carbocycles. The molecule has 2 nitrogen and oxygen atoms in total. The summed E-state index contributed by atoms with van der Waals surface area (Å²) in [6.45, 7) is 2.40. The van der Waals surface area contributed by atoms with Crippen LogP contribution in [0.4, 0.5) is 0 Å². The maximum absolute atomic E-state index is 9.68. The lowest BCUT2D eigenvalue weighted by Gasteiger charge is -2.26. The van der Waals surface area contributed by atoms with Crippen molar-refractivity contribution in [2.45, 2.75) is 18.9 Å². The molecule has 1 aliphatic rings. The average Bonchev–Trinajstić information content (AvgIpc) is 3.04. The molecule has 2 aromatic rings. The molecule has 0 radical (unpaired) electrons. The largest absolute Gasteiger partial charge is 0.394 e. The number of aliphatic hydroxyl groups excluding tert-OH is 1. The van der Waals surface area contributed by atoms with Gasteiger partial charge in [0.2, 0.25) is 0 Å². The fourth-order valence-corrected chi connectivity index (χ4v) is 3.01. The minimum atomic E-state index is 0.155. The molecular formula is C18H21NO. The van der Waals surface area contributed by atoms with Gasteiger partial charge in [-0.15, -0.1) is 0 Å². The van der Waals surface area contributed by atoms with E-state index in [4.69, 9.17) is 0 Å². The molecule has 1 N–H and O–H groups in total. The molecule has 0 saturated carbocycles.